The normalized spacial score (nSPS) is 17.9. The van der Waals surface area contributed by atoms with E-state index in [9.17, 15) is 9.59 Å². The van der Waals surface area contributed by atoms with Crippen LogP contribution in [0.5, 0.6) is 11.5 Å². The molecule has 4 rings (SSSR count). The monoisotopic (exact) mass is 396 g/mol. The van der Waals surface area contributed by atoms with Crippen LogP contribution in [0.25, 0.3) is 0 Å². The first-order valence-electron chi connectivity index (χ1n) is 9.64. The minimum atomic E-state index is -0.479. The van der Waals surface area contributed by atoms with Gasteiger partial charge in [-0.2, -0.15) is 0 Å². The van der Waals surface area contributed by atoms with Crippen molar-refractivity contribution in [3.05, 3.63) is 48.0 Å². The molecule has 2 aromatic carbocycles. The summed E-state index contributed by atoms with van der Waals surface area (Å²) in [6.45, 7) is 1.49. The molecule has 2 heterocycles. The SMILES string of the molecule is CN(C)c1cccc(COC(=O)[C@H]2CC(=O)N(c3ccc4c(c3)OCCO4)C2)c1. The number of nitrogens with zero attached hydrogens (tertiary/aromatic N) is 2. The maximum atomic E-state index is 12.5. The standard InChI is InChI=1S/C22H24N2O5/c1-23(2)17-5-3-4-15(10-17)14-29-22(26)16-11-21(25)24(13-16)18-6-7-19-20(12-18)28-9-8-27-19/h3-7,10,12,16H,8-9,11,13-14H2,1-2H3/t16-/m0/s1. The van der Waals surface area contributed by atoms with Gasteiger partial charge in [0.2, 0.25) is 5.91 Å². The second-order valence-electron chi connectivity index (χ2n) is 7.41. The number of fused-ring (bicyclic) bond motifs is 1. The quantitative estimate of drug-likeness (QED) is 0.724. The molecule has 0 unspecified atom stereocenters. The van der Waals surface area contributed by atoms with Crippen LogP contribution in [0.4, 0.5) is 11.4 Å². The topological polar surface area (TPSA) is 68.3 Å². The highest BCUT2D eigenvalue weighted by molar-refractivity contribution is 5.99. The van der Waals surface area contributed by atoms with Crippen LogP contribution in [-0.2, 0) is 20.9 Å². The molecule has 7 heteroatoms. The number of esters is 1. The summed E-state index contributed by atoms with van der Waals surface area (Å²) >= 11 is 0. The highest BCUT2D eigenvalue weighted by atomic mass is 16.6. The maximum absolute atomic E-state index is 12.5. The molecule has 0 aliphatic carbocycles. The number of ether oxygens (including phenoxy) is 3. The Labute approximate surface area is 169 Å². The van der Waals surface area contributed by atoms with Crippen molar-refractivity contribution >= 4 is 23.3 Å². The largest absolute Gasteiger partial charge is 0.486 e. The zero-order valence-electron chi connectivity index (χ0n) is 16.6. The fourth-order valence-corrected chi connectivity index (χ4v) is 3.51. The molecule has 1 fully saturated rings. The van der Waals surface area contributed by atoms with Crippen molar-refractivity contribution in [3.63, 3.8) is 0 Å². The Morgan fingerprint density at radius 2 is 1.93 bits per heavy atom. The second kappa shape index (κ2) is 8.03. The van der Waals surface area contributed by atoms with E-state index in [1.807, 2.05) is 49.3 Å². The van der Waals surface area contributed by atoms with Gasteiger partial charge in [0, 0.05) is 44.5 Å². The highest BCUT2D eigenvalue weighted by Crippen LogP contribution is 2.36. The Kier molecular flexibility index (Phi) is 5.29. The summed E-state index contributed by atoms with van der Waals surface area (Å²) in [4.78, 5) is 28.6. The summed E-state index contributed by atoms with van der Waals surface area (Å²) in [5, 5.41) is 0. The van der Waals surface area contributed by atoms with E-state index in [4.69, 9.17) is 14.2 Å². The van der Waals surface area contributed by atoms with Crippen LogP contribution >= 0.6 is 0 Å². The van der Waals surface area contributed by atoms with Crippen molar-refractivity contribution in [2.24, 2.45) is 5.92 Å². The van der Waals surface area contributed by atoms with Gasteiger partial charge in [-0.3, -0.25) is 9.59 Å². The molecule has 0 bridgehead atoms. The summed E-state index contributed by atoms with van der Waals surface area (Å²) in [5.74, 6) is 0.357. The van der Waals surface area contributed by atoms with Crippen LogP contribution in [0, 0.1) is 5.92 Å². The summed E-state index contributed by atoms with van der Waals surface area (Å²) in [6, 6.07) is 13.2. The number of hydrogen-bond donors (Lipinski definition) is 0. The third kappa shape index (κ3) is 4.13. The van der Waals surface area contributed by atoms with E-state index in [0.29, 0.717) is 36.9 Å². The molecule has 2 aliphatic rings. The van der Waals surface area contributed by atoms with Crippen LogP contribution in [0.1, 0.15) is 12.0 Å². The van der Waals surface area contributed by atoms with Gasteiger partial charge in [-0.15, -0.1) is 0 Å². The van der Waals surface area contributed by atoms with Crippen molar-refractivity contribution < 1.29 is 23.8 Å². The van der Waals surface area contributed by atoms with E-state index in [-0.39, 0.29) is 24.9 Å². The summed E-state index contributed by atoms with van der Waals surface area (Å²) < 4.78 is 16.6. The van der Waals surface area contributed by atoms with Crippen LogP contribution in [0.3, 0.4) is 0 Å². The number of hydrogen-bond acceptors (Lipinski definition) is 6. The fourth-order valence-electron chi connectivity index (χ4n) is 3.51. The molecule has 152 valence electrons. The van der Waals surface area contributed by atoms with Crippen molar-refractivity contribution in [1.29, 1.82) is 0 Å². The van der Waals surface area contributed by atoms with E-state index in [1.54, 1.807) is 17.0 Å². The average Bonchev–Trinajstić information content (AvgIpc) is 3.13. The van der Waals surface area contributed by atoms with Crippen molar-refractivity contribution in [1.82, 2.24) is 0 Å². The van der Waals surface area contributed by atoms with Gasteiger partial charge in [-0.25, -0.2) is 0 Å². The predicted octanol–water partition coefficient (Wildman–Crippen LogP) is 2.62. The smallest absolute Gasteiger partial charge is 0.311 e. The van der Waals surface area contributed by atoms with Crippen LogP contribution < -0.4 is 19.3 Å². The Morgan fingerprint density at radius 1 is 1.14 bits per heavy atom. The molecule has 0 aromatic heterocycles. The number of carbonyl (C=O) groups is 2. The summed E-state index contributed by atoms with van der Waals surface area (Å²) in [7, 11) is 3.92. The molecule has 1 saturated heterocycles. The number of benzene rings is 2. The van der Waals surface area contributed by atoms with E-state index in [1.165, 1.54) is 0 Å². The van der Waals surface area contributed by atoms with Gasteiger partial charge < -0.3 is 24.0 Å². The molecule has 0 spiro atoms. The summed E-state index contributed by atoms with van der Waals surface area (Å²) in [5.41, 5.74) is 2.66. The van der Waals surface area contributed by atoms with Gasteiger partial charge in [-0.05, 0) is 29.8 Å². The average molecular weight is 396 g/mol. The lowest BCUT2D eigenvalue weighted by Crippen LogP contribution is -2.26. The zero-order chi connectivity index (χ0) is 20.4. The summed E-state index contributed by atoms with van der Waals surface area (Å²) in [6.07, 6.45) is 0.144. The minimum Gasteiger partial charge on any atom is -0.486 e. The molecule has 2 aliphatic heterocycles. The van der Waals surface area contributed by atoms with E-state index in [0.717, 1.165) is 11.3 Å². The number of carbonyl (C=O) groups excluding carboxylic acids is 2. The van der Waals surface area contributed by atoms with Crippen molar-refractivity contribution in [2.45, 2.75) is 13.0 Å². The molecule has 2 aromatic rings. The van der Waals surface area contributed by atoms with Crippen molar-refractivity contribution in [3.8, 4) is 11.5 Å². The second-order valence-corrected chi connectivity index (χ2v) is 7.41. The van der Waals surface area contributed by atoms with Gasteiger partial charge in [0.15, 0.2) is 11.5 Å². The van der Waals surface area contributed by atoms with Gasteiger partial charge in [-0.1, -0.05) is 12.1 Å². The molecular formula is C22H24N2O5. The number of rotatable bonds is 5. The first kappa shape index (κ1) is 19.1. The number of anilines is 2. The minimum absolute atomic E-state index is 0.0989. The fraction of sp³-hybridized carbons (Fsp3) is 0.364. The van der Waals surface area contributed by atoms with Gasteiger partial charge in [0.1, 0.15) is 19.8 Å². The lowest BCUT2D eigenvalue weighted by Gasteiger charge is -2.22. The van der Waals surface area contributed by atoms with Crippen LogP contribution in [0.2, 0.25) is 0 Å². The van der Waals surface area contributed by atoms with Crippen molar-refractivity contribution in [2.75, 3.05) is 43.7 Å². The highest BCUT2D eigenvalue weighted by Gasteiger charge is 2.36. The Balaban J connectivity index is 1.39. The van der Waals surface area contributed by atoms with E-state index < -0.39 is 5.92 Å². The molecule has 1 atom stereocenters. The Bertz CT molecular complexity index is 927. The molecular weight excluding hydrogens is 372 g/mol. The molecule has 1 amide bonds. The Morgan fingerprint density at radius 3 is 2.72 bits per heavy atom. The van der Waals surface area contributed by atoms with Gasteiger partial charge >= 0.3 is 5.97 Å². The maximum Gasteiger partial charge on any atom is 0.311 e. The lowest BCUT2D eigenvalue weighted by molar-refractivity contribution is -0.149. The van der Waals surface area contributed by atoms with Crippen LogP contribution in [0.15, 0.2) is 42.5 Å². The van der Waals surface area contributed by atoms with E-state index in [2.05, 4.69) is 0 Å². The lowest BCUT2D eigenvalue weighted by atomic mass is 10.1. The Hall–Kier alpha value is -3.22. The van der Waals surface area contributed by atoms with Gasteiger partial charge in [0.05, 0.1) is 5.92 Å². The molecule has 0 radical (unpaired) electrons. The number of amides is 1. The molecule has 29 heavy (non-hydrogen) atoms. The molecule has 0 saturated carbocycles. The zero-order valence-corrected chi connectivity index (χ0v) is 16.6. The molecule has 7 nitrogen and oxygen atoms in total. The third-order valence-electron chi connectivity index (χ3n) is 5.10. The van der Waals surface area contributed by atoms with Gasteiger partial charge in [0.25, 0.3) is 0 Å². The molecule has 0 N–H and O–H groups in total. The van der Waals surface area contributed by atoms with E-state index >= 15 is 0 Å². The predicted molar refractivity (Wildman–Crippen MR) is 108 cm³/mol. The first-order chi connectivity index (χ1) is 14.0. The van der Waals surface area contributed by atoms with Crippen LogP contribution in [-0.4, -0.2) is 45.7 Å². The third-order valence-corrected chi connectivity index (χ3v) is 5.10. The first-order valence-corrected chi connectivity index (χ1v) is 9.64.